The van der Waals surface area contributed by atoms with E-state index in [-0.39, 0.29) is 6.54 Å². The molecular formula is C9H21NO2. The van der Waals surface area contributed by atoms with E-state index in [2.05, 4.69) is 0 Å². The zero-order valence-electron chi connectivity index (χ0n) is 8.08. The van der Waals surface area contributed by atoms with E-state index in [0.29, 0.717) is 12.8 Å². The highest BCUT2D eigenvalue weighted by Crippen LogP contribution is 2.23. The minimum Gasteiger partial charge on any atom is -0.389 e. The number of hydrogen-bond donors (Lipinski definition) is 3. The van der Waals surface area contributed by atoms with Crippen molar-refractivity contribution < 1.29 is 10.2 Å². The lowest BCUT2D eigenvalue weighted by atomic mass is 9.87. The minimum absolute atomic E-state index is 0.135. The average Bonchev–Trinajstić information content (AvgIpc) is 2.04. The Morgan fingerprint density at radius 3 is 1.92 bits per heavy atom. The largest absolute Gasteiger partial charge is 0.389 e. The molecule has 4 N–H and O–H groups in total. The van der Waals surface area contributed by atoms with Gasteiger partial charge in [0, 0.05) is 6.54 Å². The van der Waals surface area contributed by atoms with Gasteiger partial charge in [-0.1, -0.05) is 26.7 Å². The van der Waals surface area contributed by atoms with E-state index in [9.17, 15) is 10.2 Å². The lowest BCUT2D eigenvalue weighted by Crippen LogP contribution is -2.46. The van der Waals surface area contributed by atoms with Gasteiger partial charge in [-0.15, -0.1) is 0 Å². The predicted molar refractivity (Wildman–Crippen MR) is 49.8 cm³/mol. The molecule has 0 bridgehead atoms. The summed E-state index contributed by atoms with van der Waals surface area (Å²) in [6, 6.07) is 0. The Labute approximate surface area is 74.6 Å². The van der Waals surface area contributed by atoms with Crippen LogP contribution in [0, 0.1) is 0 Å². The van der Waals surface area contributed by atoms with Gasteiger partial charge in [-0.3, -0.25) is 0 Å². The van der Waals surface area contributed by atoms with E-state index in [1.165, 1.54) is 0 Å². The van der Waals surface area contributed by atoms with Gasteiger partial charge in [0.2, 0.25) is 0 Å². The number of aliphatic hydroxyl groups excluding tert-OH is 1. The van der Waals surface area contributed by atoms with Crippen LogP contribution in [0.2, 0.25) is 0 Å². The summed E-state index contributed by atoms with van der Waals surface area (Å²) in [4.78, 5) is 0. The van der Waals surface area contributed by atoms with Gasteiger partial charge in [-0.25, -0.2) is 0 Å². The fraction of sp³-hybridized carbons (Fsp3) is 1.00. The second kappa shape index (κ2) is 5.51. The van der Waals surface area contributed by atoms with E-state index in [0.717, 1.165) is 12.8 Å². The third-order valence-electron chi connectivity index (χ3n) is 2.21. The molecule has 1 unspecified atom stereocenters. The van der Waals surface area contributed by atoms with Crippen LogP contribution in [0.25, 0.3) is 0 Å². The molecule has 0 aromatic carbocycles. The van der Waals surface area contributed by atoms with Crippen LogP contribution in [0.5, 0.6) is 0 Å². The molecule has 3 nitrogen and oxygen atoms in total. The predicted octanol–water partition coefficient (Wildman–Crippen LogP) is 0.637. The van der Waals surface area contributed by atoms with Gasteiger partial charge in [-0.2, -0.15) is 0 Å². The molecule has 0 saturated carbocycles. The van der Waals surface area contributed by atoms with Gasteiger partial charge in [0.15, 0.2) is 0 Å². The molecule has 0 aromatic heterocycles. The van der Waals surface area contributed by atoms with Crippen molar-refractivity contribution >= 4 is 0 Å². The van der Waals surface area contributed by atoms with E-state index >= 15 is 0 Å². The van der Waals surface area contributed by atoms with Gasteiger partial charge < -0.3 is 15.9 Å². The van der Waals surface area contributed by atoms with E-state index in [4.69, 9.17) is 5.73 Å². The normalized spacial score (nSPS) is 14.8. The Bertz CT molecular complexity index is 111. The zero-order valence-corrected chi connectivity index (χ0v) is 8.08. The first-order valence-electron chi connectivity index (χ1n) is 4.71. The Balaban J connectivity index is 4.15. The molecule has 0 amide bonds. The van der Waals surface area contributed by atoms with Crippen molar-refractivity contribution in [1.82, 2.24) is 0 Å². The van der Waals surface area contributed by atoms with Crippen LogP contribution in [-0.4, -0.2) is 28.5 Å². The highest BCUT2D eigenvalue weighted by atomic mass is 16.3. The van der Waals surface area contributed by atoms with Crippen molar-refractivity contribution in [3.05, 3.63) is 0 Å². The standard InChI is InChI=1S/C9H21NO2/c1-3-5-9(12,6-4-2)8(11)7-10/h8,11-12H,3-7,10H2,1-2H3. The third kappa shape index (κ3) is 3.09. The van der Waals surface area contributed by atoms with Gasteiger partial charge >= 0.3 is 0 Å². The van der Waals surface area contributed by atoms with Gasteiger partial charge in [-0.05, 0) is 12.8 Å². The van der Waals surface area contributed by atoms with Crippen LogP contribution in [0.1, 0.15) is 39.5 Å². The fourth-order valence-corrected chi connectivity index (χ4v) is 1.54. The first kappa shape index (κ1) is 11.9. The van der Waals surface area contributed by atoms with Crippen LogP contribution in [0.4, 0.5) is 0 Å². The summed E-state index contributed by atoms with van der Waals surface area (Å²) in [5, 5.41) is 19.4. The maximum atomic E-state index is 9.95. The van der Waals surface area contributed by atoms with Crippen molar-refractivity contribution in [3.8, 4) is 0 Å². The molecule has 0 heterocycles. The fourth-order valence-electron chi connectivity index (χ4n) is 1.54. The third-order valence-corrected chi connectivity index (χ3v) is 2.21. The van der Waals surface area contributed by atoms with Crippen molar-refractivity contribution in [1.29, 1.82) is 0 Å². The summed E-state index contributed by atoms with van der Waals surface area (Å²) in [7, 11) is 0. The second-order valence-electron chi connectivity index (χ2n) is 3.36. The van der Waals surface area contributed by atoms with E-state index < -0.39 is 11.7 Å². The monoisotopic (exact) mass is 175 g/mol. The highest BCUT2D eigenvalue weighted by Gasteiger charge is 2.32. The molecule has 3 heteroatoms. The van der Waals surface area contributed by atoms with Crippen molar-refractivity contribution in [3.63, 3.8) is 0 Å². The average molecular weight is 175 g/mol. The maximum absolute atomic E-state index is 9.95. The Kier molecular flexibility index (Phi) is 5.46. The molecule has 0 rings (SSSR count). The molecule has 0 aliphatic rings. The number of nitrogens with two attached hydrogens (primary N) is 1. The van der Waals surface area contributed by atoms with Gasteiger partial charge in [0.1, 0.15) is 0 Å². The van der Waals surface area contributed by atoms with E-state index in [1.54, 1.807) is 0 Å². The van der Waals surface area contributed by atoms with E-state index in [1.807, 2.05) is 13.8 Å². The smallest absolute Gasteiger partial charge is 0.0948 e. The van der Waals surface area contributed by atoms with Crippen LogP contribution in [0.3, 0.4) is 0 Å². The Hall–Kier alpha value is -0.120. The number of aliphatic hydroxyl groups is 2. The molecule has 12 heavy (non-hydrogen) atoms. The topological polar surface area (TPSA) is 66.5 Å². The summed E-state index contributed by atoms with van der Waals surface area (Å²) < 4.78 is 0. The van der Waals surface area contributed by atoms with Crippen LogP contribution in [-0.2, 0) is 0 Å². The molecular weight excluding hydrogens is 154 g/mol. The molecule has 0 radical (unpaired) electrons. The quantitative estimate of drug-likeness (QED) is 0.555. The summed E-state index contributed by atoms with van der Waals surface area (Å²) in [6.07, 6.45) is 2.21. The molecule has 0 aromatic rings. The van der Waals surface area contributed by atoms with Crippen LogP contribution >= 0.6 is 0 Å². The van der Waals surface area contributed by atoms with Gasteiger partial charge in [0.05, 0.1) is 11.7 Å². The van der Waals surface area contributed by atoms with Crippen molar-refractivity contribution in [2.75, 3.05) is 6.54 Å². The summed E-state index contributed by atoms with van der Waals surface area (Å²) in [6.45, 7) is 4.12. The highest BCUT2D eigenvalue weighted by molar-refractivity contribution is 4.86. The molecule has 0 saturated heterocycles. The SMILES string of the molecule is CCCC(O)(CCC)C(O)CN. The number of hydrogen-bond acceptors (Lipinski definition) is 3. The molecule has 0 spiro atoms. The van der Waals surface area contributed by atoms with Crippen LogP contribution in [0.15, 0.2) is 0 Å². The lowest BCUT2D eigenvalue weighted by molar-refractivity contribution is -0.0817. The summed E-state index contributed by atoms with van der Waals surface area (Å²) in [5.41, 5.74) is 4.35. The number of rotatable bonds is 6. The molecule has 0 aliphatic heterocycles. The first-order valence-corrected chi connectivity index (χ1v) is 4.71. The Morgan fingerprint density at radius 2 is 1.67 bits per heavy atom. The maximum Gasteiger partial charge on any atom is 0.0948 e. The molecule has 74 valence electrons. The minimum atomic E-state index is -0.960. The molecule has 1 atom stereocenters. The van der Waals surface area contributed by atoms with Crippen molar-refractivity contribution in [2.24, 2.45) is 5.73 Å². The van der Waals surface area contributed by atoms with Crippen LogP contribution < -0.4 is 5.73 Å². The zero-order chi connectivity index (χ0) is 9.61. The molecule has 0 fully saturated rings. The lowest BCUT2D eigenvalue weighted by Gasteiger charge is -2.31. The first-order chi connectivity index (χ1) is 5.60. The summed E-state index contributed by atoms with van der Waals surface area (Å²) >= 11 is 0. The second-order valence-corrected chi connectivity index (χ2v) is 3.36. The van der Waals surface area contributed by atoms with Crippen molar-refractivity contribution in [2.45, 2.75) is 51.2 Å². The Morgan fingerprint density at radius 1 is 1.25 bits per heavy atom. The molecule has 0 aliphatic carbocycles. The summed E-state index contributed by atoms with van der Waals surface area (Å²) in [5.74, 6) is 0. The van der Waals surface area contributed by atoms with Gasteiger partial charge in [0.25, 0.3) is 0 Å².